The number of carbonyl (C=O) groups is 2. The molecule has 166 valence electrons. The zero-order valence-corrected chi connectivity index (χ0v) is 16.6. The molecule has 0 amide bonds. The molecule has 1 saturated carbocycles. The lowest BCUT2D eigenvalue weighted by Gasteiger charge is -2.37. The molecule has 1 heterocycles. The van der Waals surface area contributed by atoms with Gasteiger partial charge in [0.2, 0.25) is 0 Å². The quantitative estimate of drug-likeness (QED) is 0.395. The van der Waals surface area contributed by atoms with Gasteiger partial charge in [-0.2, -0.15) is 0 Å². The standard InChI is InChI=1S/C21H28O9/c1-10(19(25)26)12-7-5-11(6-8-12)9-13-3-2-4-14(13)29-21(28)18-16(23)15(22)17(24)20(27)30-18/h5-8,10,13-18,20,22-24,27H,2-4,9H2,1H3,(H,25,26)/t10?,13-,14?,15+,16+,17-,18+,20+/m1/s1. The van der Waals surface area contributed by atoms with Crippen molar-refractivity contribution in [2.45, 2.75) is 75.3 Å². The van der Waals surface area contributed by atoms with Crippen LogP contribution in [0, 0.1) is 5.92 Å². The molecule has 2 fully saturated rings. The second kappa shape index (κ2) is 9.40. The summed E-state index contributed by atoms with van der Waals surface area (Å²) < 4.78 is 10.5. The van der Waals surface area contributed by atoms with E-state index in [0.717, 1.165) is 18.4 Å². The van der Waals surface area contributed by atoms with Crippen LogP contribution >= 0.6 is 0 Å². The molecule has 1 aromatic rings. The van der Waals surface area contributed by atoms with Gasteiger partial charge in [-0.15, -0.1) is 0 Å². The summed E-state index contributed by atoms with van der Waals surface area (Å²) in [6.07, 6.45) is -5.97. The summed E-state index contributed by atoms with van der Waals surface area (Å²) in [6, 6.07) is 7.30. The normalized spacial score (nSPS) is 35.0. The number of esters is 1. The smallest absolute Gasteiger partial charge is 0.338 e. The van der Waals surface area contributed by atoms with Crippen molar-refractivity contribution in [3.8, 4) is 0 Å². The highest BCUT2D eigenvalue weighted by molar-refractivity contribution is 5.76. The first-order valence-corrected chi connectivity index (χ1v) is 10.1. The molecule has 30 heavy (non-hydrogen) atoms. The van der Waals surface area contributed by atoms with Crippen LogP contribution in [0.5, 0.6) is 0 Å². The minimum atomic E-state index is -1.80. The third kappa shape index (κ3) is 4.81. The van der Waals surface area contributed by atoms with E-state index < -0.39 is 54.7 Å². The number of carbonyl (C=O) groups excluding carboxylic acids is 1. The van der Waals surface area contributed by atoms with E-state index >= 15 is 0 Å². The third-order valence-corrected chi connectivity index (χ3v) is 6.03. The fraction of sp³-hybridized carbons (Fsp3) is 0.619. The maximum atomic E-state index is 12.5. The Bertz CT molecular complexity index is 749. The average molecular weight is 424 g/mol. The summed E-state index contributed by atoms with van der Waals surface area (Å²) in [7, 11) is 0. The van der Waals surface area contributed by atoms with E-state index in [4.69, 9.17) is 14.6 Å². The Balaban J connectivity index is 1.60. The maximum absolute atomic E-state index is 12.5. The SMILES string of the molecule is CC(C(=O)O)c1ccc(C[C@H]2CCCC2OC(=O)[C@H]2O[C@H](O)[C@H](O)[C@@H](O)[C@@H]2O)cc1. The fourth-order valence-corrected chi connectivity index (χ4v) is 4.05. The van der Waals surface area contributed by atoms with Crippen LogP contribution in [0.3, 0.4) is 0 Å². The van der Waals surface area contributed by atoms with E-state index in [-0.39, 0.29) is 5.92 Å². The molecule has 0 spiro atoms. The first-order chi connectivity index (χ1) is 14.2. The third-order valence-electron chi connectivity index (χ3n) is 6.03. The Morgan fingerprint density at radius 1 is 1.07 bits per heavy atom. The van der Waals surface area contributed by atoms with Crippen molar-refractivity contribution in [1.82, 2.24) is 0 Å². The Morgan fingerprint density at radius 3 is 2.37 bits per heavy atom. The molecule has 9 heteroatoms. The summed E-state index contributed by atoms with van der Waals surface area (Å²) in [4.78, 5) is 23.6. The van der Waals surface area contributed by atoms with E-state index in [0.29, 0.717) is 18.4 Å². The molecule has 1 aromatic carbocycles. The van der Waals surface area contributed by atoms with Crippen LogP contribution in [-0.4, -0.2) is 74.3 Å². The molecule has 9 nitrogen and oxygen atoms in total. The van der Waals surface area contributed by atoms with E-state index in [2.05, 4.69) is 0 Å². The second-order valence-corrected chi connectivity index (χ2v) is 8.09. The van der Waals surface area contributed by atoms with E-state index in [1.807, 2.05) is 12.1 Å². The number of rotatable bonds is 6. The molecule has 5 N–H and O–H groups in total. The second-order valence-electron chi connectivity index (χ2n) is 8.09. The Kier molecular flexibility index (Phi) is 7.10. The lowest BCUT2D eigenvalue weighted by atomic mass is 9.93. The van der Waals surface area contributed by atoms with Crippen LogP contribution < -0.4 is 0 Å². The molecule has 0 radical (unpaired) electrons. The van der Waals surface area contributed by atoms with Gasteiger partial charge in [-0.3, -0.25) is 4.79 Å². The van der Waals surface area contributed by atoms with Crippen molar-refractivity contribution in [3.63, 3.8) is 0 Å². The van der Waals surface area contributed by atoms with Gasteiger partial charge in [-0.25, -0.2) is 4.79 Å². The van der Waals surface area contributed by atoms with Gasteiger partial charge in [0.15, 0.2) is 12.4 Å². The molecular weight excluding hydrogens is 396 g/mol. The van der Waals surface area contributed by atoms with Gasteiger partial charge < -0.3 is 35.0 Å². The van der Waals surface area contributed by atoms with Crippen molar-refractivity contribution in [1.29, 1.82) is 0 Å². The first kappa shape index (κ1) is 22.6. The number of ether oxygens (including phenoxy) is 2. The van der Waals surface area contributed by atoms with Crippen molar-refractivity contribution < 1.29 is 44.6 Å². The number of aliphatic hydroxyl groups is 4. The fourth-order valence-electron chi connectivity index (χ4n) is 4.05. The number of hydrogen-bond acceptors (Lipinski definition) is 8. The summed E-state index contributed by atoms with van der Waals surface area (Å²) in [5, 5.41) is 48.0. The molecule has 8 atom stereocenters. The summed E-state index contributed by atoms with van der Waals surface area (Å²) in [6.45, 7) is 1.62. The number of benzene rings is 1. The van der Waals surface area contributed by atoms with Gasteiger partial charge in [0, 0.05) is 0 Å². The first-order valence-electron chi connectivity index (χ1n) is 10.1. The Labute approximate surface area is 173 Å². The summed E-state index contributed by atoms with van der Waals surface area (Å²) in [5.74, 6) is -2.33. The minimum absolute atomic E-state index is 0.0397. The molecule has 1 aliphatic carbocycles. The monoisotopic (exact) mass is 424 g/mol. The van der Waals surface area contributed by atoms with Crippen LogP contribution in [0.1, 0.15) is 43.2 Å². The number of aliphatic hydroxyl groups excluding tert-OH is 4. The topological polar surface area (TPSA) is 154 Å². The van der Waals surface area contributed by atoms with E-state index in [9.17, 15) is 30.0 Å². The molecule has 3 rings (SSSR count). The molecule has 1 aliphatic heterocycles. The molecule has 2 unspecified atom stereocenters. The van der Waals surface area contributed by atoms with Gasteiger partial charge in [0.05, 0.1) is 5.92 Å². The van der Waals surface area contributed by atoms with Gasteiger partial charge >= 0.3 is 11.9 Å². The van der Waals surface area contributed by atoms with Crippen LogP contribution in [0.15, 0.2) is 24.3 Å². The average Bonchev–Trinajstić information content (AvgIpc) is 3.15. The predicted molar refractivity (Wildman–Crippen MR) is 102 cm³/mol. The Hall–Kier alpha value is -2.04. The van der Waals surface area contributed by atoms with Crippen LogP contribution in [0.25, 0.3) is 0 Å². The van der Waals surface area contributed by atoms with E-state index in [1.54, 1.807) is 19.1 Å². The molecular formula is C21H28O9. The van der Waals surface area contributed by atoms with Gasteiger partial charge in [0.25, 0.3) is 0 Å². The maximum Gasteiger partial charge on any atom is 0.338 e. The summed E-state index contributed by atoms with van der Waals surface area (Å²) >= 11 is 0. The van der Waals surface area contributed by atoms with Crippen LogP contribution in [-0.2, 0) is 25.5 Å². The van der Waals surface area contributed by atoms with Gasteiger partial charge in [-0.1, -0.05) is 24.3 Å². The summed E-state index contributed by atoms with van der Waals surface area (Å²) in [5.41, 5.74) is 1.70. The van der Waals surface area contributed by atoms with Crippen LogP contribution in [0.4, 0.5) is 0 Å². The zero-order chi connectivity index (χ0) is 22.0. The Morgan fingerprint density at radius 2 is 1.73 bits per heavy atom. The zero-order valence-electron chi connectivity index (χ0n) is 16.6. The molecule has 2 aliphatic rings. The van der Waals surface area contributed by atoms with E-state index in [1.165, 1.54) is 0 Å². The number of aliphatic carboxylic acids is 1. The highest BCUT2D eigenvalue weighted by Crippen LogP contribution is 2.33. The largest absolute Gasteiger partial charge is 0.481 e. The predicted octanol–water partition coefficient (Wildman–Crippen LogP) is -0.0710. The van der Waals surface area contributed by atoms with Gasteiger partial charge in [0.1, 0.15) is 24.4 Å². The molecule has 0 aromatic heterocycles. The number of carboxylic acids is 1. The molecule has 1 saturated heterocycles. The van der Waals surface area contributed by atoms with Crippen molar-refractivity contribution >= 4 is 11.9 Å². The van der Waals surface area contributed by atoms with Gasteiger partial charge in [-0.05, 0) is 49.7 Å². The number of hydrogen-bond donors (Lipinski definition) is 5. The van der Waals surface area contributed by atoms with Crippen LogP contribution in [0.2, 0.25) is 0 Å². The highest BCUT2D eigenvalue weighted by Gasteiger charge is 2.47. The van der Waals surface area contributed by atoms with Crippen molar-refractivity contribution in [3.05, 3.63) is 35.4 Å². The van der Waals surface area contributed by atoms with Crippen molar-refractivity contribution in [2.75, 3.05) is 0 Å². The highest BCUT2D eigenvalue weighted by atomic mass is 16.7. The number of carboxylic acid groups (broad SMARTS) is 1. The minimum Gasteiger partial charge on any atom is -0.481 e. The van der Waals surface area contributed by atoms with Crippen molar-refractivity contribution in [2.24, 2.45) is 5.92 Å². The lowest BCUT2D eigenvalue weighted by Crippen LogP contribution is -2.60. The molecule has 0 bridgehead atoms. The lowest BCUT2D eigenvalue weighted by molar-refractivity contribution is -0.282.